The SMILES string of the molecule is COc1ccc(C#Cc2ccc(OS(=O)(=O)c3ccc(C)cc3)cc2OC)c(O)c1. The molecular formula is C23H20O6S. The second-order valence-corrected chi connectivity index (χ2v) is 7.89. The lowest BCUT2D eigenvalue weighted by molar-refractivity contribution is 0.407. The molecule has 7 heteroatoms. The van der Waals surface area contributed by atoms with Gasteiger partial charge < -0.3 is 18.8 Å². The fraction of sp³-hybridized carbons (Fsp3) is 0.130. The summed E-state index contributed by atoms with van der Waals surface area (Å²) in [6.45, 7) is 1.87. The number of phenols is 1. The third kappa shape index (κ3) is 4.85. The Hall–Kier alpha value is -3.63. The van der Waals surface area contributed by atoms with Crippen LogP contribution >= 0.6 is 0 Å². The van der Waals surface area contributed by atoms with Crippen molar-refractivity contribution in [1.82, 2.24) is 0 Å². The summed E-state index contributed by atoms with van der Waals surface area (Å²) in [5, 5.41) is 10.0. The summed E-state index contributed by atoms with van der Waals surface area (Å²) in [5.74, 6) is 6.72. The van der Waals surface area contributed by atoms with Gasteiger partial charge in [0.2, 0.25) is 0 Å². The summed E-state index contributed by atoms with van der Waals surface area (Å²) in [7, 11) is -1.02. The summed E-state index contributed by atoms with van der Waals surface area (Å²) in [5.41, 5.74) is 1.87. The highest BCUT2D eigenvalue weighted by atomic mass is 32.2. The molecule has 0 aliphatic heterocycles. The fourth-order valence-electron chi connectivity index (χ4n) is 2.59. The zero-order chi connectivity index (χ0) is 21.7. The highest BCUT2D eigenvalue weighted by Crippen LogP contribution is 2.27. The molecule has 3 rings (SSSR count). The molecule has 0 unspecified atom stereocenters. The molecule has 3 aromatic rings. The van der Waals surface area contributed by atoms with Gasteiger partial charge >= 0.3 is 10.1 Å². The van der Waals surface area contributed by atoms with Crippen molar-refractivity contribution in [3.05, 3.63) is 77.4 Å². The maximum atomic E-state index is 12.5. The Morgan fingerprint density at radius 3 is 2.07 bits per heavy atom. The van der Waals surface area contributed by atoms with E-state index in [0.717, 1.165) is 5.56 Å². The van der Waals surface area contributed by atoms with Crippen molar-refractivity contribution in [2.45, 2.75) is 11.8 Å². The van der Waals surface area contributed by atoms with Crippen molar-refractivity contribution in [2.24, 2.45) is 0 Å². The van der Waals surface area contributed by atoms with Crippen LogP contribution in [0, 0.1) is 18.8 Å². The maximum absolute atomic E-state index is 12.5. The zero-order valence-electron chi connectivity index (χ0n) is 16.7. The molecule has 0 heterocycles. The first-order valence-electron chi connectivity index (χ1n) is 8.90. The Balaban J connectivity index is 1.86. The fourth-order valence-corrected chi connectivity index (χ4v) is 3.51. The summed E-state index contributed by atoms with van der Waals surface area (Å²) in [6.07, 6.45) is 0. The number of rotatable bonds is 5. The van der Waals surface area contributed by atoms with Gasteiger partial charge in [-0.15, -0.1) is 0 Å². The quantitative estimate of drug-likeness (QED) is 0.494. The molecule has 0 aliphatic carbocycles. The van der Waals surface area contributed by atoms with Gasteiger partial charge in [0.15, 0.2) is 0 Å². The monoisotopic (exact) mass is 424 g/mol. The van der Waals surface area contributed by atoms with E-state index < -0.39 is 10.1 Å². The number of aryl methyl sites for hydroxylation is 1. The van der Waals surface area contributed by atoms with E-state index in [1.165, 1.54) is 44.6 Å². The van der Waals surface area contributed by atoms with Crippen LogP contribution in [0.15, 0.2) is 65.6 Å². The van der Waals surface area contributed by atoms with Gasteiger partial charge in [0, 0.05) is 12.1 Å². The number of benzene rings is 3. The van der Waals surface area contributed by atoms with E-state index >= 15 is 0 Å². The first-order valence-corrected chi connectivity index (χ1v) is 10.3. The largest absolute Gasteiger partial charge is 0.507 e. The predicted molar refractivity (Wildman–Crippen MR) is 113 cm³/mol. The molecule has 3 aromatic carbocycles. The molecule has 0 spiro atoms. The van der Waals surface area contributed by atoms with E-state index in [1.807, 2.05) is 6.92 Å². The summed E-state index contributed by atoms with van der Waals surface area (Å²) >= 11 is 0. The zero-order valence-corrected chi connectivity index (χ0v) is 17.5. The van der Waals surface area contributed by atoms with Crippen LogP contribution in [0.1, 0.15) is 16.7 Å². The molecule has 0 radical (unpaired) electrons. The van der Waals surface area contributed by atoms with Crippen molar-refractivity contribution < 1.29 is 27.2 Å². The summed E-state index contributed by atoms with van der Waals surface area (Å²) < 4.78 is 40.5. The number of aromatic hydroxyl groups is 1. The Labute approximate surface area is 175 Å². The van der Waals surface area contributed by atoms with Gasteiger partial charge in [0.05, 0.1) is 25.3 Å². The Morgan fingerprint density at radius 2 is 1.43 bits per heavy atom. The molecule has 6 nitrogen and oxygen atoms in total. The molecule has 1 N–H and O–H groups in total. The van der Waals surface area contributed by atoms with Gasteiger partial charge in [0.25, 0.3) is 0 Å². The van der Waals surface area contributed by atoms with Gasteiger partial charge in [-0.25, -0.2) is 0 Å². The number of phenolic OH excluding ortho intramolecular Hbond substituents is 1. The Morgan fingerprint density at radius 1 is 0.800 bits per heavy atom. The van der Waals surface area contributed by atoms with Crippen LogP contribution in [0.4, 0.5) is 0 Å². The number of ether oxygens (including phenoxy) is 2. The molecule has 0 saturated heterocycles. The molecule has 0 bridgehead atoms. The minimum absolute atomic E-state index is 0.00929. The number of hydrogen-bond donors (Lipinski definition) is 1. The minimum atomic E-state index is -3.97. The van der Waals surface area contributed by atoms with Gasteiger partial charge in [-0.3, -0.25) is 0 Å². The van der Waals surface area contributed by atoms with Crippen molar-refractivity contribution in [2.75, 3.05) is 14.2 Å². The van der Waals surface area contributed by atoms with Gasteiger partial charge in [0.1, 0.15) is 27.9 Å². The van der Waals surface area contributed by atoms with Crippen LogP contribution in [-0.4, -0.2) is 27.7 Å². The normalized spacial score (nSPS) is 10.6. The van der Waals surface area contributed by atoms with E-state index in [-0.39, 0.29) is 16.4 Å². The Kier molecular flexibility index (Phi) is 6.19. The lowest BCUT2D eigenvalue weighted by Gasteiger charge is -2.10. The van der Waals surface area contributed by atoms with E-state index in [0.29, 0.717) is 22.6 Å². The molecule has 0 fully saturated rings. The predicted octanol–water partition coefficient (Wildman–Crippen LogP) is 3.89. The number of methoxy groups -OCH3 is 2. The lowest BCUT2D eigenvalue weighted by Crippen LogP contribution is -2.09. The highest BCUT2D eigenvalue weighted by Gasteiger charge is 2.17. The van der Waals surface area contributed by atoms with Crippen molar-refractivity contribution in [1.29, 1.82) is 0 Å². The van der Waals surface area contributed by atoms with Gasteiger partial charge in [-0.05, 0) is 43.3 Å². The van der Waals surface area contributed by atoms with Gasteiger partial charge in [-0.1, -0.05) is 29.5 Å². The third-order valence-corrected chi connectivity index (χ3v) is 5.49. The average molecular weight is 424 g/mol. The summed E-state index contributed by atoms with van der Waals surface area (Å²) in [6, 6.07) is 15.7. The van der Waals surface area contributed by atoms with Crippen molar-refractivity contribution >= 4 is 10.1 Å². The van der Waals surface area contributed by atoms with Crippen LogP contribution < -0.4 is 13.7 Å². The standard InChI is InChI=1S/C23H20O6S/c1-16-4-12-21(13-5-16)30(25,26)29-20-11-9-18(23(15-20)28-3)7-6-17-8-10-19(27-2)14-22(17)24/h4-5,8-15,24H,1-3H3. The van der Waals surface area contributed by atoms with Crippen LogP contribution in [0.3, 0.4) is 0 Å². The number of hydrogen-bond acceptors (Lipinski definition) is 6. The first kappa shape index (κ1) is 21.1. The molecule has 0 atom stereocenters. The minimum Gasteiger partial charge on any atom is -0.507 e. The lowest BCUT2D eigenvalue weighted by atomic mass is 10.1. The van der Waals surface area contributed by atoms with Crippen LogP contribution in [0.5, 0.6) is 23.0 Å². The average Bonchev–Trinajstić information content (AvgIpc) is 2.73. The van der Waals surface area contributed by atoms with Crippen LogP contribution in [0.2, 0.25) is 0 Å². The van der Waals surface area contributed by atoms with Crippen LogP contribution in [-0.2, 0) is 10.1 Å². The van der Waals surface area contributed by atoms with Gasteiger partial charge in [-0.2, -0.15) is 8.42 Å². The topological polar surface area (TPSA) is 82.1 Å². The second-order valence-electron chi connectivity index (χ2n) is 6.35. The third-order valence-electron chi connectivity index (χ3n) is 4.23. The molecule has 0 aromatic heterocycles. The molecule has 0 aliphatic rings. The molecule has 0 amide bonds. The molecule has 0 saturated carbocycles. The van der Waals surface area contributed by atoms with Crippen molar-refractivity contribution in [3.8, 4) is 34.8 Å². The second kappa shape index (κ2) is 8.80. The van der Waals surface area contributed by atoms with E-state index in [9.17, 15) is 13.5 Å². The Bertz CT molecular complexity index is 1220. The highest BCUT2D eigenvalue weighted by molar-refractivity contribution is 7.87. The molecule has 154 valence electrons. The first-order chi connectivity index (χ1) is 14.3. The van der Waals surface area contributed by atoms with E-state index in [4.69, 9.17) is 13.7 Å². The maximum Gasteiger partial charge on any atom is 0.339 e. The molecule has 30 heavy (non-hydrogen) atoms. The molecular weight excluding hydrogens is 404 g/mol. The van der Waals surface area contributed by atoms with Crippen LogP contribution in [0.25, 0.3) is 0 Å². The van der Waals surface area contributed by atoms with E-state index in [2.05, 4.69) is 11.8 Å². The summed E-state index contributed by atoms with van der Waals surface area (Å²) in [4.78, 5) is 0.0610. The van der Waals surface area contributed by atoms with E-state index in [1.54, 1.807) is 30.3 Å². The smallest absolute Gasteiger partial charge is 0.339 e. The van der Waals surface area contributed by atoms with Crippen molar-refractivity contribution in [3.63, 3.8) is 0 Å².